The maximum atomic E-state index is 12.4. The Kier molecular flexibility index (Phi) is 6.39. The summed E-state index contributed by atoms with van der Waals surface area (Å²) in [6.07, 6.45) is 2.43. The molecule has 3 rings (SSSR count). The maximum Gasteiger partial charge on any atom is 0.337 e. The van der Waals surface area contributed by atoms with E-state index in [1.54, 1.807) is 42.6 Å². The van der Waals surface area contributed by atoms with E-state index in [1.807, 2.05) is 18.2 Å². The van der Waals surface area contributed by atoms with Crippen LogP contribution < -0.4 is 10.1 Å². The van der Waals surface area contributed by atoms with Gasteiger partial charge in [0.2, 0.25) is 0 Å². The van der Waals surface area contributed by atoms with Gasteiger partial charge in [-0.1, -0.05) is 22.0 Å². The van der Waals surface area contributed by atoms with Crippen LogP contribution in [-0.2, 0) is 6.42 Å². The molecule has 0 spiro atoms. The van der Waals surface area contributed by atoms with Gasteiger partial charge in [0.25, 0.3) is 5.91 Å². The Morgan fingerprint density at radius 3 is 2.54 bits per heavy atom. The van der Waals surface area contributed by atoms with Gasteiger partial charge in [0.15, 0.2) is 0 Å². The minimum atomic E-state index is -1.12. The molecule has 0 saturated heterocycles. The highest BCUT2D eigenvalue weighted by molar-refractivity contribution is 9.10. The molecule has 0 aliphatic carbocycles. The second-order valence-corrected chi connectivity index (χ2v) is 6.81. The number of aromatic nitrogens is 1. The van der Waals surface area contributed by atoms with E-state index in [4.69, 9.17) is 4.74 Å². The topological polar surface area (TPSA) is 88.5 Å². The van der Waals surface area contributed by atoms with Crippen molar-refractivity contribution in [1.82, 2.24) is 4.98 Å². The Morgan fingerprint density at radius 1 is 1.07 bits per heavy atom. The zero-order chi connectivity index (χ0) is 19.9. The summed E-state index contributed by atoms with van der Waals surface area (Å²) in [5.41, 5.74) is 1.59. The van der Waals surface area contributed by atoms with Crippen LogP contribution in [0.1, 0.15) is 26.4 Å². The van der Waals surface area contributed by atoms with Crippen LogP contribution in [0.2, 0.25) is 0 Å². The summed E-state index contributed by atoms with van der Waals surface area (Å²) >= 11 is 3.23. The summed E-state index contributed by atoms with van der Waals surface area (Å²) < 4.78 is 6.29. The van der Waals surface area contributed by atoms with Crippen molar-refractivity contribution in [3.63, 3.8) is 0 Å². The zero-order valence-electron chi connectivity index (χ0n) is 14.8. The molecule has 1 heterocycles. The number of carbonyl (C=O) groups is 2. The number of hydrogen-bond acceptors (Lipinski definition) is 4. The summed E-state index contributed by atoms with van der Waals surface area (Å²) in [5.74, 6) is -0.875. The fourth-order valence-electron chi connectivity index (χ4n) is 2.52. The van der Waals surface area contributed by atoms with Crippen LogP contribution in [0.25, 0.3) is 0 Å². The Labute approximate surface area is 170 Å². The molecule has 7 heteroatoms. The van der Waals surface area contributed by atoms with Crippen LogP contribution in [0.3, 0.4) is 0 Å². The quantitative estimate of drug-likeness (QED) is 0.567. The molecule has 142 valence electrons. The molecule has 0 fully saturated rings. The number of amides is 1. The van der Waals surface area contributed by atoms with E-state index in [0.29, 0.717) is 28.8 Å². The number of rotatable bonds is 7. The number of carbonyl (C=O) groups excluding carboxylic acids is 1. The van der Waals surface area contributed by atoms with Crippen LogP contribution in [0.5, 0.6) is 5.75 Å². The van der Waals surface area contributed by atoms with Crippen molar-refractivity contribution in [3.8, 4) is 5.75 Å². The van der Waals surface area contributed by atoms with Gasteiger partial charge in [-0.15, -0.1) is 0 Å². The Bertz CT molecular complexity index is 975. The number of carboxylic acids is 1. The Morgan fingerprint density at radius 2 is 1.86 bits per heavy atom. The number of pyridine rings is 1. The van der Waals surface area contributed by atoms with E-state index in [1.165, 1.54) is 6.07 Å². The third-order valence-corrected chi connectivity index (χ3v) is 4.42. The van der Waals surface area contributed by atoms with Crippen molar-refractivity contribution < 1.29 is 19.4 Å². The molecule has 0 atom stereocenters. The molecule has 2 aromatic carbocycles. The van der Waals surface area contributed by atoms with Crippen LogP contribution in [0.15, 0.2) is 71.3 Å². The lowest BCUT2D eigenvalue weighted by molar-refractivity contribution is 0.0698. The summed E-state index contributed by atoms with van der Waals surface area (Å²) in [7, 11) is 0. The summed E-state index contributed by atoms with van der Waals surface area (Å²) in [4.78, 5) is 28.0. The highest BCUT2D eigenvalue weighted by Crippen LogP contribution is 2.22. The van der Waals surface area contributed by atoms with Gasteiger partial charge in [-0.3, -0.25) is 9.78 Å². The predicted octanol–water partition coefficient (Wildman–Crippen LogP) is 4.42. The van der Waals surface area contributed by atoms with Crippen molar-refractivity contribution in [2.24, 2.45) is 0 Å². The molecule has 0 saturated carbocycles. The second-order valence-electron chi connectivity index (χ2n) is 5.89. The van der Waals surface area contributed by atoms with Crippen molar-refractivity contribution in [2.45, 2.75) is 6.42 Å². The Balaban J connectivity index is 1.60. The van der Waals surface area contributed by atoms with Crippen molar-refractivity contribution in [1.29, 1.82) is 0 Å². The van der Waals surface area contributed by atoms with Gasteiger partial charge in [0.05, 0.1) is 17.9 Å². The van der Waals surface area contributed by atoms with Gasteiger partial charge in [-0.2, -0.15) is 0 Å². The minimum Gasteiger partial charge on any atom is -0.493 e. The number of nitrogens with one attached hydrogen (secondary N) is 1. The smallest absolute Gasteiger partial charge is 0.337 e. The minimum absolute atomic E-state index is 0.0113. The number of ether oxygens (including phenoxy) is 1. The fraction of sp³-hybridized carbons (Fsp3) is 0.0952. The highest BCUT2D eigenvalue weighted by atomic mass is 79.9. The largest absolute Gasteiger partial charge is 0.493 e. The van der Waals surface area contributed by atoms with E-state index >= 15 is 0 Å². The van der Waals surface area contributed by atoms with Gasteiger partial charge in [0, 0.05) is 28.3 Å². The molecule has 0 unspecified atom stereocenters. The molecule has 0 bridgehead atoms. The van der Waals surface area contributed by atoms with Gasteiger partial charge >= 0.3 is 5.97 Å². The van der Waals surface area contributed by atoms with E-state index in [2.05, 4.69) is 26.2 Å². The first kappa shape index (κ1) is 19.6. The third-order valence-electron chi connectivity index (χ3n) is 3.93. The van der Waals surface area contributed by atoms with Gasteiger partial charge in [0.1, 0.15) is 5.75 Å². The third kappa shape index (κ3) is 5.17. The van der Waals surface area contributed by atoms with Crippen LogP contribution in [0.4, 0.5) is 5.69 Å². The van der Waals surface area contributed by atoms with E-state index in [9.17, 15) is 14.7 Å². The highest BCUT2D eigenvalue weighted by Gasteiger charge is 2.14. The standard InChI is InChI=1S/C21H17BrN2O4/c22-15-6-9-19(18(13-15)21(26)27)24-20(25)14-4-7-17(8-5-14)28-12-10-16-3-1-2-11-23-16/h1-9,11,13H,10,12H2,(H,24,25)(H,26,27). The van der Waals surface area contributed by atoms with Gasteiger partial charge in [-0.05, 0) is 54.6 Å². The van der Waals surface area contributed by atoms with E-state index in [0.717, 1.165) is 5.69 Å². The molecule has 3 aromatic rings. The van der Waals surface area contributed by atoms with Crippen molar-refractivity contribution in [2.75, 3.05) is 11.9 Å². The molecule has 0 aliphatic rings. The first-order valence-corrected chi connectivity index (χ1v) is 9.29. The summed E-state index contributed by atoms with van der Waals surface area (Å²) in [6, 6.07) is 17.0. The molecular weight excluding hydrogens is 424 g/mol. The second kappa shape index (κ2) is 9.14. The van der Waals surface area contributed by atoms with Gasteiger partial charge in [-0.25, -0.2) is 4.79 Å². The molecule has 0 radical (unpaired) electrons. The molecule has 28 heavy (non-hydrogen) atoms. The number of aromatic carboxylic acids is 1. The van der Waals surface area contributed by atoms with Crippen LogP contribution in [0, 0.1) is 0 Å². The number of nitrogens with zero attached hydrogens (tertiary/aromatic N) is 1. The number of anilines is 1. The summed E-state index contributed by atoms with van der Waals surface area (Å²) in [6.45, 7) is 0.476. The summed E-state index contributed by atoms with van der Waals surface area (Å²) in [5, 5.41) is 11.9. The first-order valence-electron chi connectivity index (χ1n) is 8.50. The van der Waals surface area contributed by atoms with E-state index in [-0.39, 0.29) is 11.3 Å². The lowest BCUT2D eigenvalue weighted by atomic mass is 10.1. The average Bonchev–Trinajstić information content (AvgIpc) is 2.70. The SMILES string of the molecule is O=C(Nc1ccc(Br)cc1C(=O)O)c1ccc(OCCc2ccccn2)cc1. The lowest BCUT2D eigenvalue weighted by Crippen LogP contribution is -2.14. The average molecular weight is 441 g/mol. The predicted molar refractivity (Wildman–Crippen MR) is 109 cm³/mol. The zero-order valence-corrected chi connectivity index (χ0v) is 16.3. The first-order chi connectivity index (χ1) is 13.5. The number of hydrogen-bond donors (Lipinski definition) is 2. The molecule has 1 amide bonds. The Hall–Kier alpha value is -3.19. The van der Waals surface area contributed by atoms with Crippen molar-refractivity contribution >= 4 is 33.5 Å². The molecule has 0 aliphatic heterocycles. The molecular formula is C21H17BrN2O4. The maximum absolute atomic E-state index is 12.4. The lowest BCUT2D eigenvalue weighted by Gasteiger charge is -2.10. The van der Waals surface area contributed by atoms with Crippen molar-refractivity contribution in [3.05, 3.63) is 88.2 Å². The molecule has 6 nitrogen and oxygen atoms in total. The van der Waals surface area contributed by atoms with Gasteiger partial charge < -0.3 is 15.2 Å². The fourth-order valence-corrected chi connectivity index (χ4v) is 2.88. The van der Waals surface area contributed by atoms with Crippen LogP contribution >= 0.6 is 15.9 Å². The number of benzene rings is 2. The number of carboxylic acid groups (broad SMARTS) is 1. The van der Waals surface area contributed by atoms with E-state index < -0.39 is 11.9 Å². The van der Waals surface area contributed by atoms with Crippen LogP contribution in [-0.4, -0.2) is 28.6 Å². The molecule has 2 N–H and O–H groups in total. The number of halogens is 1. The molecule has 1 aromatic heterocycles. The normalized spacial score (nSPS) is 10.3. The monoisotopic (exact) mass is 440 g/mol.